The molecule has 0 aliphatic rings. The first-order valence-electron chi connectivity index (χ1n) is 6.85. The van der Waals surface area contributed by atoms with Gasteiger partial charge in [0.2, 0.25) is 0 Å². The monoisotopic (exact) mass is 285 g/mol. The second kappa shape index (κ2) is 6.90. The fourth-order valence-corrected chi connectivity index (χ4v) is 2.17. The lowest BCUT2D eigenvalue weighted by Gasteiger charge is -2.22. The molecule has 0 saturated heterocycles. The molecule has 2 aromatic carbocycles. The van der Waals surface area contributed by atoms with Crippen molar-refractivity contribution in [3.63, 3.8) is 0 Å². The van der Waals surface area contributed by atoms with Gasteiger partial charge in [-0.25, -0.2) is 0 Å². The number of amides is 1. The number of phenolic OH excluding ortho intramolecular Hbond substituents is 1. The molecule has 0 atom stereocenters. The summed E-state index contributed by atoms with van der Waals surface area (Å²) in [5.74, 6) is -0.323. The Labute approximate surface area is 124 Å². The van der Waals surface area contributed by atoms with E-state index in [1.807, 2.05) is 37.3 Å². The Morgan fingerprint density at radius 3 is 2.52 bits per heavy atom. The van der Waals surface area contributed by atoms with Gasteiger partial charge in [0.25, 0.3) is 5.91 Å². The average Bonchev–Trinajstić information content (AvgIpc) is 2.49. The van der Waals surface area contributed by atoms with E-state index < -0.39 is 0 Å². The van der Waals surface area contributed by atoms with E-state index in [2.05, 4.69) is 0 Å². The molecule has 2 aromatic rings. The smallest absolute Gasteiger partial charge is 0.257 e. The van der Waals surface area contributed by atoms with Gasteiger partial charge < -0.3 is 15.1 Å². The number of aliphatic hydroxyl groups excluding tert-OH is 1. The Balaban J connectivity index is 2.25. The third-order valence-corrected chi connectivity index (χ3v) is 3.26. The SMILES string of the molecule is Cc1ccc(O)c(C(=O)N(CCO)Cc2ccccc2)c1. The van der Waals surface area contributed by atoms with Crippen LogP contribution in [0.3, 0.4) is 0 Å². The average molecular weight is 285 g/mol. The number of aryl methyl sites for hydroxylation is 1. The molecule has 0 fully saturated rings. The van der Waals surface area contributed by atoms with E-state index in [0.29, 0.717) is 6.54 Å². The van der Waals surface area contributed by atoms with Gasteiger partial charge >= 0.3 is 0 Å². The summed E-state index contributed by atoms with van der Waals surface area (Å²) < 4.78 is 0. The van der Waals surface area contributed by atoms with E-state index in [9.17, 15) is 15.0 Å². The van der Waals surface area contributed by atoms with Crippen molar-refractivity contribution in [2.24, 2.45) is 0 Å². The maximum atomic E-state index is 12.6. The van der Waals surface area contributed by atoms with Gasteiger partial charge in [0.15, 0.2) is 0 Å². The van der Waals surface area contributed by atoms with Gasteiger partial charge in [-0.05, 0) is 24.6 Å². The first-order valence-corrected chi connectivity index (χ1v) is 6.85. The van der Waals surface area contributed by atoms with E-state index in [1.165, 1.54) is 11.0 Å². The van der Waals surface area contributed by atoms with Crippen LogP contribution in [0.25, 0.3) is 0 Å². The number of aliphatic hydroxyl groups is 1. The minimum absolute atomic E-state index is 0.0402. The molecule has 0 saturated carbocycles. The molecule has 0 bridgehead atoms. The highest BCUT2D eigenvalue weighted by Crippen LogP contribution is 2.21. The van der Waals surface area contributed by atoms with Crippen molar-refractivity contribution in [2.75, 3.05) is 13.2 Å². The van der Waals surface area contributed by atoms with E-state index in [0.717, 1.165) is 11.1 Å². The molecule has 0 unspecified atom stereocenters. The topological polar surface area (TPSA) is 60.8 Å². The third kappa shape index (κ3) is 3.83. The van der Waals surface area contributed by atoms with Gasteiger partial charge in [0, 0.05) is 13.1 Å². The molecule has 4 nitrogen and oxygen atoms in total. The van der Waals surface area contributed by atoms with Crippen molar-refractivity contribution in [2.45, 2.75) is 13.5 Å². The first-order chi connectivity index (χ1) is 10.1. The second-order valence-electron chi connectivity index (χ2n) is 4.96. The van der Waals surface area contributed by atoms with Gasteiger partial charge in [-0.1, -0.05) is 42.0 Å². The van der Waals surface area contributed by atoms with E-state index in [-0.39, 0.29) is 30.4 Å². The number of carbonyl (C=O) groups is 1. The standard InChI is InChI=1S/C17H19NO3/c1-13-7-8-16(20)15(11-13)17(21)18(9-10-19)12-14-5-3-2-4-6-14/h2-8,11,19-20H,9-10,12H2,1H3. The van der Waals surface area contributed by atoms with Crippen LogP contribution in [0.1, 0.15) is 21.5 Å². The van der Waals surface area contributed by atoms with Crippen LogP contribution in [0.2, 0.25) is 0 Å². The zero-order valence-corrected chi connectivity index (χ0v) is 12.0. The van der Waals surface area contributed by atoms with E-state index in [1.54, 1.807) is 12.1 Å². The highest BCUT2D eigenvalue weighted by molar-refractivity contribution is 5.97. The summed E-state index contributed by atoms with van der Waals surface area (Å²) in [6.07, 6.45) is 0. The summed E-state index contributed by atoms with van der Waals surface area (Å²) in [4.78, 5) is 14.1. The fourth-order valence-electron chi connectivity index (χ4n) is 2.17. The summed E-state index contributed by atoms with van der Waals surface area (Å²) in [7, 11) is 0. The number of aromatic hydroxyl groups is 1. The van der Waals surface area contributed by atoms with Crippen LogP contribution in [-0.4, -0.2) is 34.2 Å². The summed E-state index contributed by atoms with van der Waals surface area (Å²) in [5, 5.41) is 19.1. The van der Waals surface area contributed by atoms with Gasteiger partial charge in [-0.3, -0.25) is 4.79 Å². The summed E-state index contributed by atoms with van der Waals surface area (Å²) in [5.41, 5.74) is 2.14. The molecular formula is C17H19NO3. The van der Waals surface area contributed by atoms with Gasteiger partial charge in [0.1, 0.15) is 5.75 Å². The number of rotatable bonds is 5. The summed E-state index contributed by atoms with van der Waals surface area (Å²) >= 11 is 0. The van der Waals surface area contributed by atoms with Crippen LogP contribution in [0.15, 0.2) is 48.5 Å². The number of carbonyl (C=O) groups excluding carboxylic acids is 1. The van der Waals surface area contributed by atoms with Gasteiger partial charge in [0.05, 0.1) is 12.2 Å². The number of nitrogens with zero attached hydrogens (tertiary/aromatic N) is 1. The lowest BCUT2D eigenvalue weighted by Crippen LogP contribution is -2.33. The molecule has 0 heterocycles. The predicted octanol–water partition coefficient (Wildman–Crippen LogP) is 2.34. The molecule has 1 amide bonds. The molecule has 0 aromatic heterocycles. The number of phenols is 1. The van der Waals surface area contributed by atoms with Gasteiger partial charge in [-0.15, -0.1) is 0 Å². The zero-order valence-electron chi connectivity index (χ0n) is 12.0. The molecular weight excluding hydrogens is 266 g/mol. The molecule has 0 spiro atoms. The first kappa shape index (κ1) is 15.1. The fraction of sp³-hybridized carbons (Fsp3) is 0.235. The Bertz CT molecular complexity index is 611. The number of hydrogen-bond donors (Lipinski definition) is 2. The molecule has 4 heteroatoms. The molecule has 2 N–H and O–H groups in total. The lowest BCUT2D eigenvalue weighted by atomic mass is 10.1. The third-order valence-electron chi connectivity index (χ3n) is 3.26. The van der Waals surface area contributed by atoms with Crippen LogP contribution in [0.5, 0.6) is 5.75 Å². The van der Waals surface area contributed by atoms with Crippen LogP contribution in [0.4, 0.5) is 0 Å². The molecule has 2 rings (SSSR count). The maximum Gasteiger partial charge on any atom is 0.257 e. The molecule has 0 radical (unpaired) electrons. The number of hydrogen-bond acceptors (Lipinski definition) is 3. The van der Waals surface area contributed by atoms with Crippen LogP contribution in [-0.2, 0) is 6.54 Å². The maximum absolute atomic E-state index is 12.6. The van der Waals surface area contributed by atoms with Crippen molar-refractivity contribution in [1.29, 1.82) is 0 Å². The largest absolute Gasteiger partial charge is 0.507 e. The van der Waals surface area contributed by atoms with Crippen molar-refractivity contribution in [1.82, 2.24) is 4.90 Å². The van der Waals surface area contributed by atoms with E-state index >= 15 is 0 Å². The van der Waals surface area contributed by atoms with Crippen LogP contribution < -0.4 is 0 Å². The van der Waals surface area contributed by atoms with Crippen LogP contribution in [0, 0.1) is 6.92 Å². The van der Waals surface area contributed by atoms with Crippen molar-refractivity contribution in [3.8, 4) is 5.75 Å². The Morgan fingerprint density at radius 2 is 1.86 bits per heavy atom. The molecule has 0 aliphatic carbocycles. The van der Waals surface area contributed by atoms with Gasteiger partial charge in [-0.2, -0.15) is 0 Å². The summed E-state index contributed by atoms with van der Waals surface area (Å²) in [6, 6.07) is 14.5. The summed E-state index contributed by atoms with van der Waals surface area (Å²) in [6.45, 7) is 2.36. The van der Waals surface area contributed by atoms with Crippen molar-refractivity contribution >= 4 is 5.91 Å². The van der Waals surface area contributed by atoms with Crippen molar-refractivity contribution < 1.29 is 15.0 Å². The second-order valence-corrected chi connectivity index (χ2v) is 4.96. The van der Waals surface area contributed by atoms with E-state index in [4.69, 9.17) is 0 Å². The molecule has 21 heavy (non-hydrogen) atoms. The minimum atomic E-state index is -0.283. The predicted molar refractivity (Wildman–Crippen MR) is 81.1 cm³/mol. The van der Waals surface area contributed by atoms with Crippen LogP contribution >= 0.6 is 0 Å². The Morgan fingerprint density at radius 1 is 1.14 bits per heavy atom. The normalized spacial score (nSPS) is 10.4. The highest BCUT2D eigenvalue weighted by atomic mass is 16.3. The zero-order chi connectivity index (χ0) is 15.2. The minimum Gasteiger partial charge on any atom is -0.507 e. The lowest BCUT2D eigenvalue weighted by molar-refractivity contribution is 0.0704. The quantitative estimate of drug-likeness (QED) is 0.886. The number of benzene rings is 2. The highest BCUT2D eigenvalue weighted by Gasteiger charge is 2.19. The molecule has 110 valence electrons. The molecule has 0 aliphatic heterocycles. The Kier molecular flexibility index (Phi) is 4.95. The van der Waals surface area contributed by atoms with Crippen molar-refractivity contribution in [3.05, 3.63) is 65.2 Å². The Hall–Kier alpha value is -2.33.